The first kappa shape index (κ1) is 26.7. The van der Waals surface area contributed by atoms with Crippen molar-refractivity contribution in [1.29, 1.82) is 5.26 Å². The SMILES string of the molecule is Cc1c(CCc2cc(CCCCCC#N)c(CN3CCCCC3)c3c2CCC3)cccc1-c1ccccc1. The van der Waals surface area contributed by atoms with Crippen LogP contribution < -0.4 is 0 Å². The van der Waals surface area contributed by atoms with E-state index < -0.39 is 0 Å². The van der Waals surface area contributed by atoms with Crippen molar-refractivity contribution in [1.82, 2.24) is 4.90 Å². The first-order valence-corrected chi connectivity index (χ1v) is 15.1. The second-order valence-electron chi connectivity index (χ2n) is 11.5. The van der Waals surface area contributed by atoms with Crippen molar-refractivity contribution in [3.05, 3.63) is 93.5 Å². The van der Waals surface area contributed by atoms with E-state index in [1.54, 1.807) is 27.8 Å². The van der Waals surface area contributed by atoms with Crippen molar-refractivity contribution < 1.29 is 0 Å². The molecule has 198 valence electrons. The van der Waals surface area contributed by atoms with E-state index in [1.165, 1.54) is 80.3 Å². The van der Waals surface area contributed by atoms with Crippen LogP contribution in [0.15, 0.2) is 54.6 Å². The van der Waals surface area contributed by atoms with Crippen molar-refractivity contribution in [3.8, 4) is 17.2 Å². The Morgan fingerprint density at radius 1 is 0.737 bits per heavy atom. The summed E-state index contributed by atoms with van der Waals surface area (Å²) < 4.78 is 0. The smallest absolute Gasteiger partial charge is 0.0621 e. The van der Waals surface area contributed by atoms with Gasteiger partial charge in [0.15, 0.2) is 0 Å². The zero-order valence-corrected chi connectivity index (χ0v) is 23.4. The minimum Gasteiger partial charge on any atom is -0.299 e. The van der Waals surface area contributed by atoms with Gasteiger partial charge in [0.1, 0.15) is 0 Å². The second kappa shape index (κ2) is 13.3. The molecule has 0 radical (unpaired) electrons. The van der Waals surface area contributed by atoms with E-state index in [4.69, 9.17) is 5.26 Å². The monoisotopic (exact) mass is 504 g/mol. The molecular weight excluding hydrogens is 460 g/mol. The predicted molar refractivity (Wildman–Crippen MR) is 159 cm³/mol. The van der Waals surface area contributed by atoms with E-state index >= 15 is 0 Å². The number of aryl methyl sites for hydroxylation is 3. The van der Waals surface area contributed by atoms with Gasteiger partial charge >= 0.3 is 0 Å². The molecule has 1 fully saturated rings. The second-order valence-corrected chi connectivity index (χ2v) is 11.5. The van der Waals surface area contributed by atoms with Crippen molar-refractivity contribution in [3.63, 3.8) is 0 Å². The summed E-state index contributed by atoms with van der Waals surface area (Å²) in [5.41, 5.74) is 13.9. The molecule has 2 heteroatoms. The van der Waals surface area contributed by atoms with Gasteiger partial charge < -0.3 is 0 Å². The summed E-state index contributed by atoms with van der Waals surface area (Å²) in [6.07, 6.45) is 15.4. The van der Waals surface area contributed by atoms with Gasteiger partial charge in [0.2, 0.25) is 0 Å². The Balaban J connectivity index is 1.39. The summed E-state index contributed by atoms with van der Waals surface area (Å²) in [5.74, 6) is 0. The van der Waals surface area contributed by atoms with E-state index in [2.05, 4.69) is 72.5 Å². The molecule has 0 atom stereocenters. The number of hydrogen-bond donors (Lipinski definition) is 0. The molecule has 5 rings (SSSR count). The molecule has 2 aliphatic rings. The molecule has 2 nitrogen and oxygen atoms in total. The highest BCUT2D eigenvalue weighted by Crippen LogP contribution is 2.35. The number of fused-ring (bicyclic) bond motifs is 1. The van der Waals surface area contributed by atoms with Crippen LogP contribution in [-0.4, -0.2) is 18.0 Å². The Morgan fingerprint density at radius 3 is 2.34 bits per heavy atom. The lowest BCUT2D eigenvalue weighted by Gasteiger charge is -2.29. The van der Waals surface area contributed by atoms with Crippen molar-refractivity contribution in [2.24, 2.45) is 0 Å². The molecule has 1 saturated heterocycles. The van der Waals surface area contributed by atoms with Crippen molar-refractivity contribution >= 4 is 0 Å². The van der Waals surface area contributed by atoms with Crippen LogP contribution in [0.25, 0.3) is 11.1 Å². The Bertz CT molecular complexity index is 1240. The van der Waals surface area contributed by atoms with Gasteiger partial charge in [0.25, 0.3) is 0 Å². The molecule has 0 spiro atoms. The number of nitrogens with zero attached hydrogens (tertiary/aromatic N) is 2. The third-order valence-corrected chi connectivity index (χ3v) is 8.97. The molecule has 0 unspecified atom stereocenters. The maximum absolute atomic E-state index is 8.95. The molecule has 38 heavy (non-hydrogen) atoms. The number of piperidine rings is 1. The van der Waals surface area contributed by atoms with Gasteiger partial charge in [-0.3, -0.25) is 4.90 Å². The zero-order chi connectivity index (χ0) is 26.2. The lowest BCUT2D eigenvalue weighted by atomic mass is 9.87. The first-order valence-electron chi connectivity index (χ1n) is 15.1. The van der Waals surface area contributed by atoms with Gasteiger partial charge in [0, 0.05) is 13.0 Å². The zero-order valence-electron chi connectivity index (χ0n) is 23.4. The van der Waals surface area contributed by atoms with E-state index in [0.717, 1.165) is 38.6 Å². The molecule has 1 heterocycles. The van der Waals surface area contributed by atoms with Crippen molar-refractivity contribution in [2.45, 2.75) is 96.9 Å². The number of rotatable bonds is 11. The van der Waals surface area contributed by atoms with Gasteiger partial charge in [0.05, 0.1) is 6.07 Å². The summed E-state index contributed by atoms with van der Waals surface area (Å²) in [6.45, 7) is 5.97. The third kappa shape index (κ3) is 6.39. The van der Waals surface area contributed by atoms with E-state index in [1.807, 2.05) is 0 Å². The predicted octanol–water partition coefficient (Wildman–Crippen LogP) is 8.55. The van der Waals surface area contributed by atoms with Crippen LogP contribution in [0, 0.1) is 18.3 Å². The average Bonchev–Trinajstić information content (AvgIpc) is 3.45. The first-order chi connectivity index (χ1) is 18.7. The van der Waals surface area contributed by atoms with Crippen LogP contribution in [0.4, 0.5) is 0 Å². The van der Waals surface area contributed by atoms with Gasteiger partial charge in [-0.2, -0.15) is 5.26 Å². The largest absolute Gasteiger partial charge is 0.299 e. The highest BCUT2D eigenvalue weighted by atomic mass is 15.1. The topological polar surface area (TPSA) is 27.0 Å². The van der Waals surface area contributed by atoms with Crippen LogP contribution in [0.5, 0.6) is 0 Å². The molecule has 1 aliphatic carbocycles. The molecule has 0 amide bonds. The Hall–Kier alpha value is -2.89. The van der Waals surface area contributed by atoms with Crippen LogP contribution in [0.3, 0.4) is 0 Å². The maximum atomic E-state index is 8.95. The summed E-state index contributed by atoms with van der Waals surface area (Å²) in [7, 11) is 0. The lowest BCUT2D eigenvalue weighted by Crippen LogP contribution is -2.30. The number of unbranched alkanes of at least 4 members (excludes halogenated alkanes) is 3. The molecule has 0 aromatic heterocycles. The van der Waals surface area contributed by atoms with Crippen LogP contribution >= 0.6 is 0 Å². The fourth-order valence-electron chi connectivity index (χ4n) is 6.84. The summed E-state index contributed by atoms with van der Waals surface area (Å²) in [5, 5.41) is 8.95. The lowest BCUT2D eigenvalue weighted by molar-refractivity contribution is 0.220. The van der Waals surface area contributed by atoms with Crippen LogP contribution in [-0.2, 0) is 38.6 Å². The molecular formula is C36H44N2. The fourth-order valence-corrected chi connectivity index (χ4v) is 6.84. The van der Waals surface area contributed by atoms with E-state index in [-0.39, 0.29) is 0 Å². The molecule has 1 aliphatic heterocycles. The van der Waals surface area contributed by atoms with Crippen LogP contribution in [0.2, 0.25) is 0 Å². The number of benzene rings is 3. The van der Waals surface area contributed by atoms with Gasteiger partial charge in [-0.15, -0.1) is 0 Å². The summed E-state index contributed by atoms with van der Waals surface area (Å²) >= 11 is 0. The number of nitriles is 1. The summed E-state index contributed by atoms with van der Waals surface area (Å²) in [4.78, 5) is 2.72. The van der Waals surface area contributed by atoms with E-state index in [9.17, 15) is 0 Å². The molecule has 0 bridgehead atoms. The Kier molecular flexibility index (Phi) is 9.32. The molecule has 3 aromatic rings. The molecule has 0 saturated carbocycles. The van der Waals surface area contributed by atoms with Gasteiger partial charge in [-0.05, 0) is 134 Å². The molecule has 3 aromatic carbocycles. The van der Waals surface area contributed by atoms with Gasteiger partial charge in [-0.1, -0.05) is 67.4 Å². The Morgan fingerprint density at radius 2 is 1.53 bits per heavy atom. The van der Waals surface area contributed by atoms with Crippen molar-refractivity contribution in [2.75, 3.05) is 13.1 Å². The quantitative estimate of drug-likeness (QED) is 0.245. The number of likely N-dealkylation sites (tertiary alicyclic amines) is 1. The highest BCUT2D eigenvalue weighted by Gasteiger charge is 2.24. The Labute approximate surface area is 230 Å². The average molecular weight is 505 g/mol. The maximum Gasteiger partial charge on any atom is 0.0621 e. The highest BCUT2D eigenvalue weighted by molar-refractivity contribution is 5.68. The van der Waals surface area contributed by atoms with Crippen LogP contribution in [0.1, 0.15) is 90.3 Å². The third-order valence-electron chi connectivity index (χ3n) is 8.97. The summed E-state index contributed by atoms with van der Waals surface area (Å²) in [6, 6.07) is 22.6. The fraction of sp³-hybridized carbons (Fsp3) is 0.472. The normalized spacial score (nSPS) is 15.4. The minimum absolute atomic E-state index is 0.692. The van der Waals surface area contributed by atoms with Gasteiger partial charge in [-0.25, -0.2) is 0 Å². The van der Waals surface area contributed by atoms with E-state index in [0.29, 0.717) is 6.42 Å². The number of hydrogen-bond acceptors (Lipinski definition) is 2. The minimum atomic E-state index is 0.692. The standard InChI is InChI=1S/C36H44N2/c1-28-29(17-12-18-33(28)30-14-7-4-8-15-30)21-22-32-26-31(16-6-2-3-9-23-37)36(35-20-13-19-34(32)35)27-38-24-10-5-11-25-38/h4,7-8,12,14-15,17-18,26H,2-3,5-6,9-11,13,16,19-22,24-25,27H2,1H3. The molecule has 0 N–H and O–H groups in total.